The second kappa shape index (κ2) is 9.38. The number of carbonyl (C=O) groups is 1. The van der Waals surface area contributed by atoms with Gasteiger partial charge in [-0.3, -0.25) is 9.10 Å². The number of nitrogens with one attached hydrogen (secondary N) is 1. The molecule has 6 nitrogen and oxygen atoms in total. The first-order valence-electron chi connectivity index (χ1n) is 8.78. The van der Waals surface area contributed by atoms with Crippen molar-refractivity contribution in [1.29, 1.82) is 0 Å². The Bertz CT molecular complexity index is 1150. The van der Waals surface area contributed by atoms with Gasteiger partial charge < -0.3 is 10.1 Å². The molecule has 0 bridgehead atoms. The Kier molecular flexibility index (Phi) is 6.87. The quantitative estimate of drug-likeness (QED) is 0.542. The lowest BCUT2D eigenvalue weighted by atomic mass is 10.3. The Hall–Kier alpha value is -2.74. The van der Waals surface area contributed by atoms with Crippen LogP contribution in [0.1, 0.15) is 0 Å². The monoisotopic (exact) mass is 464 g/mol. The molecule has 0 fully saturated rings. The van der Waals surface area contributed by atoms with E-state index >= 15 is 0 Å². The van der Waals surface area contributed by atoms with Gasteiger partial charge in [-0.15, -0.1) is 0 Å². The zero-order chi connectivity index (χ0) is 21.7. The fourth-order valence-corrected chi connectivity index (χ4v) is 4.55. The first-order chi connectivity index (χ1) is 14.3. The van der Waals surface area contributed by atoms with Crippen LogP contribution in [-0.2, 0) is 14.8 Å². The summed E-state index contributed by atoms with van der Waals surface area (Å²) in [5.41, 5.74) is 0.595. The van der Waals surface area contributed by atoms with Crippen LogP contribution in [0.2, 0.25) is 10.0 Å². The summed E-state index contributed by atoms with van der Waals surface area (Å²) in [6, 6.07) is 18.9. The van der Waals surface area contributed by atoms with Crippen LogP contribution in [0.3, 0.4) is 0 Å². The van der Waals surface area contributed by atoms with E-state index in [0.29, 0.717) is 21.5 Å². The molecular weight excluding hydrogens is 447 g/mol. The molecule has 30 heavy (non-hydrogen) atoms. The fraction of sp³-hybridized carbons (Fsp3) is 0.0952. The highest BCUT2D eigenvalue weighted by molar-refractivity contribution is 7.92. The number of benzene rings is 3. The fourth-order valence-electron chi connectivity index (χ4n) is 2.76. The van der Waals surface area contributed by atoms with Crippen LogP contribution in [0.4, 0.5) is 11.4 Å². The number of hydrogen-bond donors (Lipinski definition) is 1. The molecule has 0 radical (unpaired) electrons. The number of halogens is 2. The van der Waals surface area contributed by atoms with Gasteiger partial charge in [-0.05, 0) is 48.5 Å². The standard InChI is InChI=1S/C21H18Cl2N2O4S/c1-29-20-11-10-16(23)13-19(20)24-21(26)14-25(17-7-5-6-15(22)12-17)30(27,28)18-8-3-2-4-9-18/h2-13H,14H2,1H3,(H,24,26). The molecule has 0 aliphatic heterocycles. The lowest BCUT2D eigenvalue weighted by Crippen LogP contribution is -2.38. The Morgan fingerprint density at radius 1 is 0.967 bits per heavy atom. The minimum absolute atomic E-state index is 0.0538. The Balaban J connectivity index is 1.96. The van der Waals surface area contributed by atoms with Crippen LogP contribution >= 0.6 is 23.2 Å². The van der Waals surface area contributed by atoms with Crippen molar-refractivity contribution in [3.63, 3.8) is 0 Å². The number of anilines is 2. The highest BCUT2D eigenvalue weighted by Crippen LogP contribution is 2.29. The van der Waals surface area contributed by atoms with Crippen molar-refractivity contribution in [3.8, 4) is 5.75 Å². The van der Waals surface area contributed by atoms with E-state index in [1.165, 1.54) is 31.4 Å². The van der Waals surface area contributed by atoms with Gasteiger partial charge in [-0.25, -0.2) is 8.42 Å². The van der Waals surface area contributed by atoms with Crippen LogP contribution in [0.15, 0.2) is 77.7 Å². The maximum atomic E-state index is 13.3. The third kappa shape index (κ3) is 5.05. The number of ether oxygens (including phenoxy) is 1. The highest BCUT2D eigenvalue weighted by atomic mass is 35.5. The minimum atomic E-state index is -4.03. The Morgan fingerprint density at radius 2 is 1.67 bits per heavy atom. The smallest absolute Gasteiger partial charge is 0.264 e. The van der Waals surface area contributed by atoms with Crippen LogP contribution < -0.4 is 14.4 Å². The molecule has 0 heterocycles. The van der Waals surface area contributed by atoms with Crippen molar-refractivity contribution in [2.24, 2.45) is 0 Å². The average Bonchev–Trinajstić information content (AvgIpc) is 2.73. The van der Waals surface area contributed by atoms with Gasteiger partial charge in [-0.1, -0.05) is 47.5 Å². The summed E-state index contributed by atoms with van der Waals surface area (Å²) in [4.78, 5) is 12.8. The predicted octanol–water partition coefficient (Wildman–Crippen LogP) is 4.84. The van der Waals surface area contributed by atoms with E-state index in [-0.39, 0.29) is 10.6 Å². The van der Waals surface area contributed by atoms with Crippen LogP contribution in [0, 0.1) is 0 Å². The summed E-state index contributed by atoms with van der Waals surface area (Å²) in [7, 11) is -2.57. The van der Waals surface area contributed by atoms with Gasteiger partial charge >= 0.3 is 0 Å². The summed E-state index contributed by atoms with van der Waals surface area (Å²) in [5, 5.41) is 3.40. The molecule has 0 saturated carbocycles. The first kappa shape index (κ1) is 22.0. The van der Waals surface area contributed by atoms with E-state index in [0.717, 1.165) is 4.31 Å². The SMILES string of the molecule is COc1ccc(Cl)cc1NC(=O)CN(c1cccc(Cl)c1)S(=O)(=O)c1ccccc1. The number of rotatable bonds is 7. The molecule has 3 rings (SSSR count). The molecule has 0 spiro atoms. The molecule has 0 aliphatic carbocycles. The molecule has 156 valence electrons. The molecule has 0 aromatic heterocycles. The summed E-state index contributed by atoms with van der Waals surface area (Å²) in [5.74, 6) is -0.178. The maximum absolute atomic E-state index is 13.3. The average molecular weight is 465 g/mol. The number of carbonyl (C=O) groups excluding carboxylic acids is 1. The van der Waals surface area contributed by atoms with Crippen molar-refractivity contribution < 1.29 is 17.9 Å². The molecule has 0 atom stereocenters. The molecule has 3 aromatic carbocycles. The summed E-state index contributed by atoms with van der Waals surface area (Å²) >= 11 is 12.1. The lowest BCUT2D eigenvalue weighted by Gasteiger charge is -2.24. The van der Waals surface area contributed by atoms with Gasteiger partial charge in [0.15, 0.2) is 0 Å². The second-order valence-electron chi connectivity index (χ2n) is 6.20. The van der Waals surface area contributed by atoms with E-state index in [1.807, 2.05) is 0 Å². The van der Waals surface area contributed by atoms with Gasteiger partial charge in [-0.2, -0.15) is 0 Å². The van der Waals surface area contributed by atoms with E-state index in [1.54, 1.807) is 48.5 Å². The third-order valence-electron chi connectivity index (χ3n) is 4.15. The topological polar surface area (TPSA) is 75.7 Å². The number of amides is 1. The van der Waals surface area contributed by atoms with Crippen LogP contribution in [0.25, 0.3) is 0 Å². The molecule has 0 saturated heterocycles. The zero-order valence-corrected chi connectivity index (χ0v) is 18.2. The van der Waals surface area contributed by atoms with Crippen molar-refractivity contribution in [1.82, 2.24) is 0 Å². The second-order valence-corrected chi connectivity index (χ2v) is 8.93. The molecule has 9 heteroatoms. The van der Waals surface area contributed by atoms with Gasteiger partial charge in [0.1, 0.15) is 12.3 Å². The lowest BCUT2D eigenvalue weighted by molar-refractivity contribution is -0.114. The molecule has 1 N–H and O–H groups in total. The highest BCUT2D eigenvalue weighted by Gasteiger charge is 2.27. The van der Waals surface area contributed by atoms with E-state index < -0.39 is 22.5 Å². The van der Waals surface area contributed by atoms with Crippen molar-refractivity contribution in [2.45, 2.75) is 4.90 Å². The van der Waals surface area contributed by atoms with Crippen LogP contribution in [0.5, 0.6) is 5.75 Å². The molecule has 3 aromatic rings. The van der Waals surface area contributed by atoms with E-state index in [4.69, 9.17) is 27.9 Å². The van der Waals surface area contributed by atoms with Crippen molar-refractivity contribution >= 4 is 50.5 Å². The van der Waals surface area contributed by atoms with E-state index in [2.05, 4.69) is 5.32 Å². The Morgan fingerprint density at radius 3 is 2.33 bits per heavy atom. The summed E-state index contributed by atoms with van der Waals surface area (Å²) in [6.07, 6.45) is 0. The van der Waals surface area contributed by atoms with Crippen LogP contribution in [-0.4, -0.2) is 28.0 Å². The third-order valence-corrected chi connectivity index (χ3v) is 6.41. The number of sulfonamides is 1. The maximum Gasteiger partial charge on any atom is 0.264 e. The zero-order valence-electron chi connectivity index (χ0n) is 15.9. The minimum Gasteiger partial charge on any atom is -0.495 e. The van der Waals surface area contributed by atoms with E-state index in [9.17, 15) is 13.2 Å². The number of hydrogen-bond acceptors (Lipinski definition) is 4. The molecule has 0 aliphatic rings. The van der Waals surface area contributed by atoms with Crippen molar-refractivity contribution in [3.05, 3.63) is 82.8 Å². The molecular formula is C21H18Cl2N2O4S. The molecule has 1 amide bonds. The first-order valence-corrected chi connectivity index (χ1v) is 11.0. The van der Waals surface area contributed by atoms with Gasteiger partial charge in [0.2, 0.25) is 5.91 Å². The van der Waals surface area contributed by atoms with Gasteiger partial charge in [0, 0.05) is 10.0 Å². The summed E-state index contributed by atoms with van der Waals surface area (Å²) < 4.78 is 32.8. The largest absolute Gasteiger partial charge is 0.495 e. The molecule has 0 unspecified atom stereocenters. The number of nitrogens with zero attached hydrogens (tertiary/aromatic N) is 1. The normalized spacial score (nSPS) is 11.0. The number of methoxy groups -OCH3 is 1. The predicted molar refractivity (Wildman–Crippen MR) is 119 cm³/mol. The summed E-state index contributed by atoms with van der Waals surface area (Å²) in [6.45, 7) is -0.479. The van der Waals surface area contributed by atoms with Crippen molar-refractivity contribution in [2.75, 3.05) is 23.3 Å². The van der Waals surface area contributed by atoms with Gasteiger partial charge in [0.05, 0.1) is 23.4 Å². The van der Waals surface area contributed by atoms with Gasteiger partial charge in [0.25, 0.3) is 10.0 Å². The Labute approximate surface area is 185 Å².